The molecule has 29 heavy (non-hydrogen) atoms. The molecule has 0 spiro atoms. The highest BCUT2D eigenvalue weighted by Gasteiger charge is 2.19. The van der Waals surface area contributed by atoms with Crippen LogP contribution in [0.1, 0.15) is 0 Å². The molecule has 0 aromatic heterocycles. The summed E-state index contributed by atoms with van der Waals surface area (Å²) in [5.74, 6) is -0.243. The van der Waals surface area contributed by atoms with Gasteiger partial charge in [0.25, 0.3) is 0 Å². The average Bonchev–Trinajstić information content (AvgIpc) is 2.90. The highest BCUT2D eigenvalue weighted by molar-refractivity contribution is 7.90. The van der Waals surface area contributed by atoms with Gasteiger partial charge in [-0.15, -0.1) is 0 Å². The van der Waals surface area contributed by atoms with E-state index in [4.69, 9.17) is 4.74 Å². The van der Waals surface area contributed by atoms with Gasteiger partial charge in [0.05, 0.1) is 12.0 Å². The monoisotopic (exact) mass is 406 g/mol. The van der Waals surface area contributed by atoms with E-state index >= 15 is 0 Å². The lowest BCUT2D eigenvalue weighted by Crippen LogP contribution is -1.96. The molecule has 5 heteroatoms. The highest BCUT2D eigenvalue weighted by Crippen LogP contribution is 2.44. The minimum atomic E-state index is -3.27. The summed E-state index contributed by atoms with van der Waals surface area (Å²) in [6.07, 6.45) is 1.18. The van der Waals surface area contributed by atoms with Gasteiger partial charge in [0.15, 0.2) is 21.4 Å². The molecule has 0 heterocycles. The standard InChI is InChI=1S/C24H19FO3S/c1-28-23-13-10-18(15-22(23)25)24-20-7-5-3-4-6-17(20)14-21(24)16-8-11-19(12-9-16)29(2,26)27/h3-15H,1-2H3. The maximum absolute atomic E-state index is 14.4. The first-order valence-electron chi connectivity index (χ1n) is 9.04. The molecule has 2 aliphatic rings. The Kier molecular flexibility index (Phi) is 4.84. The molecule has 0 unspecified atom stereocenters. The Morgan fingerprint density at radius 3 is 2.10 bits per heavy atom. The first-order valence-corrected chi connectivity index (χ1v) is 10.9. The number of benzene rings is 2. The highest BCUT2D eigenvalue weighted by atomic mass is 32.2. The molecule has 0 radical (unpaired) electrons. The van der Waals surface area contributed by atoms with Crippen LogP contribution in [0.2, 0.25) is 0 Å². The van der Waals surface area contributed by atoms with Crippen molar-refractivity contribution in [2.24, 2.45) is 0 Å². The third-order valence-corrected chi connectivity index (χ3v) is 6.07. The van der Waals surface area contributed by atoms with Crippen molar-refractivity contribution < 1.29 is 17.5 Å². The van der Waals surface area contributed by atoms with Crippen LogP contribution in [0.25, 0.3) is 33.4 Å². The first kappa shape index (κ1) is 19.2. The number of sulfone groups is 1. The molecule has 0 amide bonds. The van der Waals surface area contributed by atoms with Crippen LogP contribution in [0.3, 0.4) is 0 Å². The molecule has 0 bridgehead atoms. The topological polar surface area (TPSA) is 43.4 Å². The number of hydrogen-bond donors (Lipinski definition) is 0. The van der Waals surface area contributed by atoms with Crippen molar-refractivity contribution in [3.8, 4) is 39.1 Å². The largest absolute Gasteiger partial charge is 0.494 e. The lowest BCUT2D eigenvalue weighted by molar-refractivity contribution is 0.386. The normalized spacial score (nSPS) is 11.6. The Bertz CT molecular complexity index is 1260. The predicted octanol–water partition coefficient (Wildman–Crippen LogP) is 5.68. The van der Waals surface area contributed by atoms with Crippen molar-refractivity contribution in [2.75, 3.05) is 13.4 Å². The van der Waals surface area contributed by atoms with Gasteiger partial charge >= 0.3 is 0 Å². The van der Waals surface area contributed by atoms with Crippen molar-refractivity contribution in [1.29, 1.82) is 0 Å². The molecule has 0 saturated heterocycles. The lowest BCUT2D eigenvalue weighted by Gasteiger charge is -2.10. The zero-order valence-corrected chi connectivity index (χ0v) is 16.8. The Morgan fingerprint density at radius 2 is 1.45 bits per heavy atom. The van der Waals surface area contributed by atoms with E-state index in [0.717, 1.165) is 33.4 Å². The minimum Gasteiger partial charge on any atom is -0.494 e. The average molecular weight is 406 g/mol. The van der Waals surface area contributed by atoms with Gasteiger partial charge in [-0.25, -0.2) is 12.8 Å². The van der Waals surface area contributed by atoms with Crippen LogP contribution >= 0.6 is 0 Å². The summed E-state index contributed by atoms with van der Waals surface area (Å²) in [7, 11) is -1.84. The van der Waals surface area contributed by atoms with Crippen LogP contribution in [0.15, 0.2) is 83.8 Å². The Hall–Kier alpha value is -3.18. The predicted molar refractivity (Wildman–Crippen MR) is 114 cm³/mol. The van der Waals surface area contributed by atoms with Gasteiger partial charge in [-0.3, -0.25) is 0 Å². The molecule has 0 atom stereocenters. The lowest BCUT2D eigenvalue weighted by atomic mass is 9.96. The summed E-state index contributed by atoms with van der Waals surface area (Å²) < 4.78 is 43.1. The molecule has 3 nitrogen and oxygen atoms in total. The molecule has 0 N–H and O–H groups in total. The SMILES string of the molecule is COc1ccc(-c2c3cccccc-3cc2-c2ccc(S(C)(=O)=O)cc2)cc1F. The number of methoxy groups -OCH3 is 1. The summed E-state index contributed by atoms with van der Waals surface area (Å²) in [6.45, 7) is 0. The van der Waals surface area contributed by atoms with E-state index in [0.29, 0.717) is 0 Å². The molecule has 2 aliphatic carbocycles. The van der Waals surface area contributed by atoms with Crippen LogP contribution < -0.4 is 4.74 Å². The fourth-order valence-electron chi connectivity index (χ4n) is 3.53. The van der Waals surface area contributed by atoms with Crippen molar-refractivity contribution >= 4 is 9.84 Å². The van der Waals surface area contributed by atoms with Crippen LogP contribution in [0, 0.1) is 5.82 Å². The van der Waals surface area contributed by atoms with E-state index in [9.17, 15) is 12.8 Å². The van der Waals surface area contributed by atoms with Crippen molar-refractivity contribution in [3.05, 3.63) is 84.7 Å². The molecule has 0 aliphatic heterocycles. The minimum absolute atomic E-state index is 0.189. The van der Waals surface area contributed by atoms with Crippen molar-refractivity contribution in [1.82, 2.24) is 0 Å². The number of hydrogen-bond acceptors (Lipinski definition) is 3. The van der Waals surface area contributed by atoms with Gasteiger partial charge in [0.2, 0.25) is 0 Å². The van der Waals surface area contributed by atoms with E-state index in [1.165, 1.54) is 19.4 Å². The Balaban J connectivity index is 1.96. The van der Waals surface area contributed by atoms with Crippen molar-refractivity contribution in [2.45, 2.75) is 4.90 Å². The summed E-state index contributed by atoms with van der Waals surface area (Å²) in [6, 6.07) is 23.6. The van der Waals surface area contributed by atoms with Gasteiger partial charge in [-0.1, -0.05) is 48.5 Å². The van der Waals surface area contributed by atoms with Gasteiger partial charge in [-0.05, 0) is 63.7 Å². The van der Waals surface area contributed by atoms with Crippen molar-refractivity contribution in [3.63, 3.8) is 0 Å². The smallest absolute Gasteiger partial charge is 0.175 e. The van der Waals surface area contributed by atoms with Crippen LogP contribution in [0.5, 0.6) is 5.75 Å². The van der Waals surface area contributed by atoms with E-state index in [-0.39, 0.29) is 10.6 Å². The van der Waals surface area contributed by atoms with Crippen LogP contribution in [0.4, 0.5) is 4.39 Å². The summed E-state index contributed by atoms with van der Waals surface area (Å²) in [5.41, 5.74) is 5.40. The molecular weight excluding hydrogens is 387 g/mol. The van der Waals surface area contributed by atoms with Crippen LogP contribution in [-0.4, -0.2) is 21.8 Å². The van der Waals surface area contributed by atoms with Crippen LogP contribution in [-0.2, 0) is 9.84 Å². The molecule has 0 saturated carbocycles. The molecule has 2 aromatic carbocycles. The second kappa shape index (κ2) is 7.33. The van der Waals surface area contributed by atoms with E-state index < -0.39 is 15.7 Å². The van der Waals surface area contributed by atoms with Gasteiger partial charge in [-0.2, -0.15) is 0 Å². The molecular formula is C24H19FO3S. The fourth-order valence-corrected chi connectivity index (χ4v) is 4.16. The third-order valence-electron chi connectivity index (χ3n) is 4.94. The van der Waals surface area contributed by atoms with Gasteiger partial charge in [0, 0.05) is 6.26 Å². The fraction of sp³-hybridized carbons (Fsp3) is 0.0833. The van der Waals surface area contributed by atoms with E-state index in [2.05, 4.69) is 0 Å². The molecule has 4 rings (SSSR count). The molecule has 2 aromatic rings. The summed E-state index contributed by atoms with van der Waals surface area (Å²) in [5, 5.41) is 0. The van der Waals surface area contributed by atoms with Gasteiger partial charge < -0.3 is 4.74 Å². The zero-order chi connectivity index (χ0) is 20.6. The molecule has 0 fully saturated rings. The first-order chi connectivity index (χ1) is 13.9. The second-order valence-electron chi connectivity index (χ2n) is 6.86. The zero-order valence-electron chi connectivity index (χ0n) is 16.0. The third kappa shape index (κ3) is 3.61. The number of fused-ring (bicyclic) bond motifs is 1. The van der Waals surface area contributed by atoms with E-state index in [1.54, 1.807) is 30.3 Å². The summed E-state index contributed by atoms with van der Waals surface area (Å²) >= 11 is 0. The number of halogens is 1. The van der Waals surface area contributed by atoms with Gasteiger partial charge in [0.1, 0.15) is 0 Å². The Labute approximate surface area is 169 Å². The molecule has 146 valence electrons. The number of rotatable bonds is 4. The summed E-state index contributed by atoms with van der Waals surface area (Å²) in [4.78, 5) is 0.265. The number of ether oxygens (including phenoxy) is 1. The van der Waals surface area contributed by atoms with E-state index in [1.807, 2.05) is 42.5 Å². The Morgan fingerprint density at radius 1 is 0.759 bits per heavy atom. The maximum Gasteiger partial charge on any atom is 0.175 e. The quantitative estimate of drug-likeness (QED) is 0.438. The second-order valence-corrected chi connectivity index (χ2v) is 8.87. The maximum atomic E-state index is 14.4.